The average molecular weight is 217 g/mol. The van der Waals surface area contributed by atoms with Crippen LogP contribution >= 0.6 is 0 Å². The Morgan fingerprint density at radius 2 is 1.88 bits per heavy atom. The molecule has 0 spiro atoms. The molecule has 1 aliphatic rings. The smallest absolute Gasteiger partial charge is 0.192 e. The van der Waals surface area contributed by atoms with E-state index in [1.165, 1.54) is 11.1 Å². The highest BCUT2D eigenvalue weighted by Gasteiger charge is 2.14. The molecule has 1 aromatic carbocycles. The number of fused-ring (bicyclic) bond motifs is 1. The number of hydrogen-bond donors (Lipinski definition) is 2. The van der Waals surface area contributed by atoms with E-state index >= 15 is 0 Å². The van der Waals surface area contributed by atoms with Gasteiger partial charge in [-0.1, -0.05) is 24.3 Å². The maximum absolute atomic E-state index is 4.54. The second-order valence-corrected chi connectivity index (χ2v) is 5.16. The molecule has 1 aromatic rings. The third-order valence-electron chi connectivity index (χ3n) is 2.47. The van der Waals surface area contributed by atoms with Crippen molar-refractivity contribution in [1.82, 2.24) is 10.6 Å². The molecule has 0 aliphatic carbocycles. The first-order valence-electron chi connectivity index (χ1n) is 5.68. The van der Waals surface area contributed by atoms with Gasteiger partial charge in [-0.15, -0.1) is 0 Å². The number of hydrogen-bond acceptors (Lipinski definition) is 3. The van der Waals surface area contributed by atoms with Gasteiger partial charge in [0.15, 0.2) is 5.96 Å². The van der Waals surface area contributed by atoms with Gasteiger partial charge in [0.05, 0.1) is 6.54 Å². The fourth-order valence-corrected chi connectivity index (χ4v) is 1.72. The molecule has 0 aromatic heterocycles. The lowest BCUT2D eigenvalue weighted by molar-refractivity contribution is 0.501. The molecule has 0 amide bonds. The first-order chi connectivity index (χ1) is 7.54. The maximum Gasteiger partial charge on any atom is 0.192 e. The maximum atomic E-state index is 4.54. The second-order valence-electron chi connectivity index (χ2n) is 5.16. The quantitative estimate of drug-likeness (QED) is 0.697. The summed E-state index contributed by atoms with van der Waals surface area (Å²) in [6.45, 7) is 8.00. The van der Waals surface area contributed by atoms with Crippen LogP contribution in [0, 0.1) is 0 Å². The van der Waals surface area contributed by atoms with Crippen LogP contribution in [0.15, 0.2) is 29.3 Å². The van der Waals surface area contributed by atoms with Gasteiger partial charge in [0, 0.05) is 12.1 Å². The normalized spacial score (nSPS) is 15.6. The van der Waals surface area contributed by atoms with Gasteiger partial charge in [0.2, 0.25) is 0 Å². The molecular weight excluding hydrogens is 198 g/mol. The zero-order valence-electron chi connectivity index (χ0n) is 10.2. The minimum Gasteiger partial charge on any atom is -0.352 e. The summed E-state index contributed by atoms with van der Waals surface area (Å²) in [6, 6.07) is 8.43. The number of rotatable bonds is 0. The van der Waals surface area contributed by atoms with Gasteiger partial charge in [0.1, 0.15) is 0 Å². The third kappa shape index (κ3) is 2.75. The number of benzene rings is 1. The van der Waals surface area contributed by atoms with Crippen molar-refractivity contribution >= 4 is 5.96 Å². The van der Waals surface area contributed by atoms with E-state index in [0.29, 0.717) is 0 Å². The molecule has 0 atom stereocenters. The Morgan fingerprint density at radius 3 is 2.56 bits per heavy atom. The monoisotopic (exact) mass is 217 g/mol. The number of nitrogens with one attached hydrogen (secondary N) is 2. The lowest BCUT2D eigenvalue weighted by Gasteiger charge is -2.23. The molecule has 0 saturated carbocycles. The Balaban J connectivity index is 2.12. The summed E-state index contributed by atoms with van der Waals surface area (Å²) in [5, 5.41) is 6.71. The third-order valence-corrected chi connectivity index (χ3v) is 2.47. The average Bonchev–Trinajstić information content (AvgIpc) is 2.39. The van der Waals surface area contributed by atoms with Crippen LogP contribution in [0.2, 0.25) is 0 Å². The Kier molecular flexibility index (Phi) is 2.86. The predicted molar refractivity (Wildman–Crippen MR) is 67.3 cm³/mol. The zero-order chi connectivity index (χ0) is 11.6. The molecule has 2 N–H and O–H groups in total. The van der Waals surface area contributed by atoms with Gasteiger partial charge in [0.25, 0.3) is 0 Å². The molecular formula is C13H19N3. The van der Waals surface area contributed by atoms with Crippen molar-refractivity contribution < 1.29 is 0 Å². The fraction of sp³-hybridized carbons (Fsp3) is 0.462. The van der Waals surface area contributed by atoms with E-state index in [0.717, 1.165) is 19.0 Å². The summed E-state index contributed by atoms with van der Waals surface area (Å²) in [5.41, 5.74) is 2.68. The van der Waals surface area contributed by atoms with Crippen LogP contribution < -0.4 is 10.6 Å². The van der Waals surface area contributed by atoms with Gasteiger partial charge in [-0.05, 0) is 31.9 Å². The molecule has 3 heteroatoms. The van der Waals surface area contributed by atoms with Crippen LogP contribution in [0.4, 0.5) is 0 Å². The Bertz CT molecular complexity index is 402. The van der Waals surface area contributed by atoms with E-state index in [9.17, 15) is 0 Å². The molecule has 0 radical (unpaired) electrons. The van der Waals surface area contributed by atoms with Crippen molar-refractivity contribution in [3.05, 3.63) is 35.4 Å². The van der Waals surface area contributed by atoms with Gasteiger partial charge >= 0.3 is 0 Å². The summed E-state index contributed by atoms with van der Waals surface area (Å²) in [4.78, 5) is 4.54. The Labute approximate surface area is 97.0 Å². The summed E-state index contributed by atoms with van der Waals surface area (Å²) in [7, 11) is 0. The van der Waals surface area contributed by atoms with Crippen molar-refractivity contribution in [2.45, 2.75) is 39.4 Å². The minimum atomic E-state index is 0.0440. The lowest BCUT2D eigenvalue weighted by atomic mass is 10.1. The molecule has 2 rings (SSSR count). The molecule has 3 nitrogen and oxygen atoms in total. The van der Waals surface area contributed by atoms with Crippen molar-refractivity contribution in [2.24, 2.45) is 4.99 Å². The summed E-state index contributed by atoms with van der Waals surface area (Å²) < 4.78 is 0. The van der Waals surface area contributed by atoms with Crippen LogP contribution in [0.25, 0.3) is 0 Å². The number of nitrogens with zero attached hydrogens (tertiary/aromatic N) is 1. The Hall–Kier alpha value is -1.51. The molecule has 1 heterocycles. The van der Waals surface area contributed by atoms with Gasteiger partial charge in [-0.2, -0.15) is 0 Å². The fourth-order valence-electron chi connectivity index (χ4n) is 1.72. The van der Waals surface area contributed by atoms with Crippen LogP contribution in [-0.2, 0) is 13.1 Å². The largest absolute Gasteiger partial charge is 0.352 e. The first-order valence-corrected chi connectivity index (χ1v) is 5.68. The first kappa shape index (κ1) is 11.0. The summed E-state index contributed by atoms with van der Waals surface area (Å²) in [6.07, 6.45) is 0. The molecule has 86 valence electrons. The van der Waals surface area contributed by atoms with Crippen LogP contribution in [0.1, 0.15) is 31.9 Å². The van der Waals surface area contributed by atoms with E-state index in [1.54, 1.807) is 0 Å². The topological polar surface area (TPSA) is 36.4 Å². The molecule has 0 saturated heterocycles. The molecule has 0 fully saturated rings. The van der Waals surface area contributed by atoms with Gasteiger partial charge < -0.3 is 10.6 Å². The minimum absolute atomic E-state index is 0.0440. The SMILES string of the molecule is CC(C)(C)NC1=NCc2ccccc2CN1. The summed E-state index contributed by atoms with van der Waals surface area (Å²) in [5.74, 6) is 0.892. The van der Waals surface area contributed by atoms with Crippen molar-refractivity contribution in [2.75, 3.05) is 0 Å². The lowest BCUT2D eigenvalue weighted by Crippen LogP contribution is -2.47. The summed E-state index contributed by atoms with van der Waals surface area (Å²) >= 11 is 0. The van der Waals surface area contributed by atoms with Crippen molar-refractivity contribution in [1.29, 1.82) is 0 Å². The highest BCUT2D eigenvalue weighted by molar-refractivity contribution is 5.80. The Morgan fingerprint density at radius 1 is 1.19 bits per heavy atom. The number of guanidine groups is 1. The van der Waals surface area contributed by atoms with Crippen LogP contribution in [0.3, 0.4) is 0 Å². The highest BCUT2D eigenvalue weighted by Crippen LogP contribution is 2.12. The molecule has 0 unspecified atom stereocenters. The van der Waals surface area contributed by atoms with Crippen molar-refractivity contribution in [3.63, 3.8) is 0 Å². The molecule has 1 aliphatic heterocycles. The predicted octanol–water partition coefficient (Wildman–Crippen LogP) is 2.03. The van der Waals surface area contributed by atoms with Crippen LogP contribution in [-0.4, -0.2) is 11.5 Å². The molecule has 0 bridgehead atoms. The van der Waals surface area contributed by atoms with Crippen molar-refractivity contribution in [3.8, 4) is 0 Å². The number of aliphatic imine (C=N–C) groups is 1. The van der Waals surface area contributed by atoms with E-state index < -0.39 is 0 Å². The highest BCUT2D eigenvalue weighted by atomic mass is 15.2. The van der Waals surface area contributed by atoms with E-state index in [4.69, 9.17) is 0 Å². The van der Waals surface area contributed by atoms with E-state index in [2.05, 4.69) is 60.7 Å². The van der Waals surface area contributed by atoms with Gasteiger partial charge in [-0.3, -0.25) is 0 Å². The van der Waals surface area contributed by atoms with E-state index in [-0.39, 0.29) is 5.54 Å². The van der Waals surface area contributed by atoms with E-state index in [1.807, 2.05) is 0 Å². The second kappa shape index (κ2) is 4.16. The zero-order valence-corrected chi connectivity index (χ0v) is 10.2. The van der Waals surface area contributed by atoms with Crippen LogP contribution in [0.5, 0.6) is 0 Å². The van der Waals surface area contributed by atoms with Gasteiger partial charge in [-0.25, -0.2) is 4.99 Å². The standard InChI is InChI=1S/C13H19N3/c1-13(2,3)16-12-14-8-10-6-4-5-7-11(10)9-15-12/h4-7H,8-9H2,1-3H3,(H2,14,15,16). The molecule has 16 heavy (non-hydrogen) atoms.